The van der Waals surface area contributed by atoms with E-state index >= 15 is 0 Å². The van der Waals surface area contributed by atoms with Crippen LogP contribution in [0.3, 0.4) is 0 Å². The van der Waals surface area contributed by atoms with E-state index in [4.69, 9.17) is 10.5 Å². The van der Waals surface area contributed by atoms with E-state index in [-0.39, 0.29) is 17.7 Å². The second kappa shape index (κ2) is 4.19. The predicted molar refractivity (Wildman–Crippen MR) is 53.9 cm³/mol. The minimum absolute atomic E-state index is 0.0137. The van der Waals surface area contributed by atoms with Crippen LogP contribution in [0.1, 0.15) is 13.8 Å². The van der Waals surface area contributed by atoms with Crippen molar-refractivity contribution in [1.82, 2.24) is 5.32 Å². The summed E-state index contributed by atoms with van der Waals surface area (Å²) in [4.78, 5) is 10.6. The summed E-state index contributed by atoms with van der Waals surface area (Å²) in [5, 5.41) is 2.61. The van der Waals surface area contributed by atoms with E-state index in [0.717, 1.165) is 11.5 Å². The molecule has 0 radical (unpaired) electrons. The zero-order chi connectivity index (χ0) is 9.90. The van der Waals surface area contributed by atoms with Gasteiger partial charge in [-0.05, 0) is 13.8 Å². The van der Waals surface area contributed by atoms with E-state index in [9.17, 15) is 4.79 Å². The molecule has 0 saturated carbocycles. The lowest BCUT2D eigenvalue weighted by molar-refractivity contribution is 0.150. The summed E-state index contributed by atoms with van der Waals surface area (Å²) >= 11 is 1.72. The molecule has 0 aromatic rings. The Morgan fingerprint density at radius 2 is 2.46 bits per heavy atom. The molecule has 0 bridgehead atoms. The Morgan fingerprint density at radius 1 is 1.77 bits per heavy atom. The van der Waals surface area contributed by atoms with Gasteiger partial charge in [0.15, 0.2) is 0 Å². The number of nitrogens with two attached hydrogens (primary N) is 1. The Bertz CT molecular complexity index is 191. The summed E-state index contributed by atoms with van der Waals surface area (Å²) in [7, 11) is 0. The molecule has 0 aromatic heterocycles. The van der Waals surface area contributed by atoms with Crippen molar-refractivity contribution in [2.45, 2.75) is 25.5 Å². The number of hydrogen-bond acceptors (Lipinski definition) is 4. The first kappa shape index (κ1) is 10.7. The van der Waals surface area contributed by atoms with Gasteiger partial charge in [-0.3, -0.25) is 0 Å². The molecule has 1 aliphatic rings. The summed E-state index contributed by atoms with van der Waals surface area (Å²) in [5.74, 6) is 1.69. The fraction of sp³-hybridized carbons (Fsp3) is 0.875. The average molecular weight is 204 g/mol. The van der Waals surface area contributed by atoms with E-state index in [0.29, 0.717) is 6.54 Å². The molecule has 1 unspecified atom stereocenters. The number of hydrogen-bond donors (Lipinski definition) is 2. The Labute approximate surface area is 82.6 Å². The van der Waals surface area contributed by atoms with Gasteiger partial charge in [0, 0.05) is 17.0 Å². The Morgan fingerprint density at radius 3 is 2.92 bits per heavy atom. The van der Waals surface area contributed by atoms with Gasteiger partial charge in [-0.25, -0.2) is 4.79 Å². The van der Waals surface area contributed by atoms with Crippen LogP contribution in [0.5, 0.6) is 0 Å². The summed E-state index contributed by atoms with van der Waals surface area (Å²) in [6.45, 7) is 4.59. The highest BCUT2D eigenvalue weighted by molar-refractivity contribution is 7.99. The van der Waals surface area contributed by atoms with Crippen LogP contribution in [0.15, 0.2) is 0 Å². The van der Waals surface area contributed by atoms with Crippen molar-refractivity contribution >= 4 is 17.9 Å². The quantitative estimate of drug-likeness (QED) is 0.702. The van der Waals surface area contributed by atoms with Crippen molar-refractivity contribution in [1.29, 1.82) is 0 Å². The normalized spacial score (nSPS) is 22.7. The molecule has 1 fully saturated rings. The first-order chi connectivity index (χ1) is 5.97. The third-order valence-corrected chi connectivity index (χ3v) is 3.08. The van der Waals surface area contributed by atoms with E-state index in [1.807, 2.05) is 13.8 Å². The fourth-order valence-electron chi connectivity index (χ4n) is 0.978. The smallest absolute Gasteiger partial charge is 0.407 e. The first-order valence-electron chi connectivity index (χ1n) is 4.28. The van der Waals surface area contributed by atoms with Crippen molar-refractivity contribution in [3.63, 3.8) is 0 Å². The number of ether oxygens (including phenoxy) is 1. The highest BCUT2D eigenvalue weighted by Crippen LogP contribution is 2.13. The molecule has 4 nitrogen and oxygen atoms in total. The maximum atomic E-state index is 10.6. The molecule has 0 spiro atoms. The average Bonchev–Trinajstić information content (AvgIpc) is 2.33. The van der Waals surface area contributed by atoms with E-state index in [1.54, 1.807) is 11.8 Å². The van der Waals surface area contributed by atoms with Gasteiger partial charge < -0.3 is 15.8 Å². The summed E-state index contributed by atoms with van der Waals surface area (Å²) in [5.41, 5.74) is 5.65. The van der Waals surface area contributed by atoms with Crippen LogP contribution >= 0.6 is 11.8 Å². The molecular formula is C8H16N2O2S. The number of carbonyl (C=O) groups is 1. The van der Waals surface area contributed by atoms with Gasteiger partial charge in [-0.2, -0.15) is 11.8 Å². The van der Waals surface area contributed by atoms with Gasteiger partial charge >= 0.3 is 6.09 Å². The molecular weight excluding hydrogens is 188 g/mol. The van der Waals surface area contributed by atoms with E-state index in [2.05, 4.69) is 5.32 Å². The lowest BCUT2D eigenvalue weighted by Gasteiger charge is -2.18. The molecule has 1 heterocycles. The zero-order valence-corrected chi connectivity index (χ0v) is 8.82. The van der Waals surface area contributed by atoms with Crippen LogP contribution in [-0.4, -0.2) is 35.8 Å². The summed E-state index contributed by atoms with van der Waals surface area (Å²) in [6, 6.07) is 0. The SMILES string of the molecule is CC(C)(N)CSCC1CNC(=O)O1. The van der Waals surface area contributed by atoms with Crippen molar-refractivity contribution < 1.29 is 9.53 Å². The molecule has 13 heavy (non-hydrogen) atoms. The van der Waals surface area contributed by atoms with Crippen molar-refractivity contribution in [3.05, 3.63) is 0 Å². The third-order valence-electron chi connectivity index (χ3n) is 1.53. The number of alkyl carbamates (subject to hydrolysis) is 1. The van der Waals surface area contributed by atoms with Crippen LogP contribution in [0.25, 0.3) is 0 Å². The highest BCUT2D eigenvalue weighted by Gasteiger charge is 2.22. The molecule has 0 aromatic carbocycles. The molecule has 76 valence electrons. The Kier molecular flexibility index (Phi) is 3.44. The summed E-state index contributed by atoms with van der Waals surface area (Å²) in [6.07, 6.45) is -0.294. The molecule has 3 N–H and O–H groups in total. The predicted octanol–water partition coefficient (Wildman–Crippen LogP) is 0.565. The van der Waals surface area contributed by atoms with Crippen molar-refractivity contribution in [3.8, 4) is 0 Å². The maximum Gasteiger partial charge on any atom is 0.407 e. The molecule has 5 heteroatoms. The van der Waals surface area contributed by atoms with Crippen LogP contribution < -0.4 is 11.1 Å². The lowest BCUT2D eigenvalue weighted by Crippen LogP contribution is -2.35. The number of nitrogens with one attached hydrogen (secondary N) is 1. The van der Waals surface area contributed by atoms with Crippen LogP contribution in [0, 0.1) is 0 Å². The Balaban J connectivity index is 2.10. The Hall–Kier alpha value is -0.420. The minimum atomic E-state index is -0.308. The van der Waals surface area contributed by atoms with Gasteiger partial charge in [-0.15, -0.1) is 0 Å². The lowest BCUT2D eigenvalue weighted by atomic mass is 10.1. The van der Waals surface area contributed by atoms with Crippen LogP contribution in [-0.2, 0) is 4.74 Å². The molecule has 0 aliphatic carbocycles. The minimum Gasteiger partial charge on any atom is -0.443 e. The monoisotopic (exact) mass is 204 g/mol. The largest absolute Gasteiger partial charge is 0.443 e. The third kappa shape index (κ3) is 4.38. The molecule has 1 amide bonds. The maximum absolute atomic E-state index is 10.6. The molecule has 1 aliphatic heterocycles. The van der Waals surface area contributed by atoms with Crippen molar-refractivity contribution in [2.24, 2.45) is 5.73 Å². The van der Waals surface area contributed by atoms with E-state index in [1.165, 1.54) is 0 Å². The number of rotatable bonds is 4. The van der Waals surface area contributed by atoms with Gasteiger partial charge in [0.25, 0.3) is 0 Å². The molecule has 1 saturated heterocycles. The van der Waals surface area contributed by atoms with Crippen LogP contribution in [0.4, 0.5) is 4.79 Å². The van der Waals surface area contributed by atoms with Gasteiger partial charge in [-0.1, -0.05) is 0 Å². The van der Waals surface area contributed by atoms with Gasteiger partial charge in [0.2, 0.25) is 0 Å². The summed E-state index contributed by atoms with van der Waals surface area (Å²) < 4.78 is 4.96. The van der Waals surface area contributed by atoms with Gasteiger partial charge in [0.05, 0.1) is 6.54 Å². The molecule has 1 rings (SSSR count). The van der Waals surface area contributed by atoms with Crippen LogP contribution in [0.2, 0.25) is 0 Å². The van der Waals surface area contributed by atoms with Crippen molar-refractivity contribution in [2.75, 3.05) is 18.1 Å². The second-order valence-electron chi connectivity index (χ2n) is 3.91. The topological polar surface area (TPSA) is 64.3 Å². The first-order valence-corrected chi connectivity index (χ1v) is 5.44. The highest BCUT2D eigenvalue weighted by atomic mass is 32.2. The zero-order valence-electron chi connectivity index (χ0n) is 8.00. The number of amides is 1. The standard InChI is InChI=1S/C8H16N2O2S/c1-8(2,9)5-13-4-6-3-10-7(11)12-6/h6H,3-5,9H2,1-2H3,(H,10,11). The molecule has 1 atom stereocenters. The number of thioether (sulfide) groups is 1. The number of cyclic esters (lactones) is 1. The second-order valence-corrected chi connectivity index (χ2v) is 4.94. The fourth-order valence-corrected chi connectivity index (χ4v) is 2.07. The number of carbonyl (C=O) groups excluding carboxylic acids is 1. The van der Waals surface area contributed by atoms with E-state index < -0.39 is 0 Å². The van der Waals surface area contributed by atoms with Gasteiger partial charge in [0.1, 0.15) is 6.10 Å².